The van der Waals surface area contributed by atoms with E-state index in [1.807, 2.05) is 6.07 Å². The predicted octanol–water partition coefficient (Wildman–Crippen LogP) is 2.93. The van der Waals surface area contributed by atoms with Gasteiger partial charge in [-0.15, -0.1) is 0 Å². The number of aryl methyl sites for hydroxylation is 1. The van der Waals surface area contributed by atoms with E-state index >= 15 is 0 Å². The Balaban J connectivity index is 1.64. The molecule has 0 spiro atoms. The van der Waals surface area contributed by atoms with Gasteiger partial charge in [0.1, 0.15) is 5.52 Å². The van der Waals surface area contributed by atoms with E-state index in [9.17, 15) is 0 Å². The van der Waals surface area contributed by atoms with E-state index in [-0.39, 0.29) is 0 Å². The summed E-state index contributed by atoms with van der Waals surface area (Å²) in [6.07, 6.45) is 5.92. The molecule has 4 rings (SSSR count). The van der Waals surface area contributed by atoms with Crippen molar-refractivity contribution >= 4 is 16.7 Å². The summed E-state index contributed by atoms with van der Waals surface area (Å²) in [6, 6.07) is 4.57. The summed E-state index contributed by atoms with van der Waals surface area (Å²) in [5.41, 5.74) is 5.32. The van der Waals surface area contributed by atoms with E-state index in [2.05, 4.69) is 16.3 Å². The molecule has 1 fully saturated rings. The second kappa shape index (κ2) is 8.19. The topological polar surface area (TPSA) is 83.3 Å². The molecule has 0 bridgehead atoms. The van der Waals surface area contributed by atoms with Gasteiger partial charge in [-0.3, -0.25) is 4.98 Å². The SMILES string of the molecule is COc1cc2nc3c(c(NC4CCN(CCC#N)CC4)c2nc1OC)CCC3. The molecule has 0 radical (unpaired) electrons. The highest BCUT2D eigenvalue weighted by Crippen LogP contribution is 2.38. The molecule has 2 aliphatic rings. The molecule has 7 heteroatoms. The van der Waals surface area contributed by atoms with E-state index in [1.165, 1.54) is 11.3 Å². The molecule has 0 atom stereocenters. The minimum Gasteiger partial charge on any atom is -0.491 e. The first-order valence-corrected chi connectivity index (χ1v) is 10.0. The van der Waals surface area contributed by atoms with Crippen LogP contribution >= 0.6 is 0 Å². The monoisotopic (exact) mass is 381 g/mol. The number of pyridine rings is 2. The molecule has 0 aromatic carbocycles. The van der Waals surface area contributed by atoms with Gasteiger partial charge in [-0.2, -0.15) is 5.26 Å². The Morgan fingerprint density at radius 2 is 2.04 bits per heavy atom. The van der Waals surface area contributed by atoms with Crippen LogP contribution in [-0.2, 0) is 12.8 Å². The molecule has 2 aromatic rings. The molecule has 2 aromatic heterocycles. The van der Waals surface area contributed by atoms with E-state index < -0.39 is 0 Å². The third-order valence-electron chi connectivity index (χ3n) is 5.81. The highest BCUT2D eigenvalue weighted by Gasteiger charge is 2.25. The van der Waals surface area contributed by atoms with Crippen LogP contribution in [0.15, 0.2) is 6.07 Å². The number of ether oxygens (including phenoxy) is 2. The van der Waals surface area contributed by atoms with Crippen molar-refractivity contribution < 1.29 is 9.47 Å². The molecular weight excluding hydrogens is 354 g/mol. The number of rotatable bonds is 6. The van der Waals surface area contributed by atoms with Crippen molar-refractivity contribution in [2.75, 3.05) is 39.2 Å². The van der Waals surface area contributed by atoms with Crippen LogP contribution in [0.25, 0.3) is 11.0 Å². The van der Waals surface area contributed by atoms with Crippen molar-refractivity contribution in [1.82, 2.24) is 14.9 Å². The summed E-state index contributed by atoms with van der Waals surface area (Å²) in [5.74, 6) is 1.10. The standard InChI is InChI=1S/C21H27N5O2/c1-27-18-13-17-20(25-21(18)28-2)19(15-5-3-6-16(15)24-17)23-14-7-11-26(12-8-14)10-4-9-22/h13-14H,3-8,10-12H2,1-2H3,(H,23,24). The number of anilines is 1. The van der Waals surface area contributed by atoms with Gasteiger partial charge in [0.2, 0.25) is 0 Å². The molecule has 0 saturated carbocycles. The summed E-state index contributed by atoms with van der Waals surface area (Å²) < 4.78 is 10.9. The maximum Gasteiger partial charge on any atom is 0.257 e. The number of piperidine rings is 1. The lowest BCUT2D eigenvalue weighted by Gasteiger charge is -2.33. The fourth-order valence-electron chi connectivity index (χ4n) is 4.31. The number of methoxy groups -OCH3 is 2. The van der Waals surface area contributed by atoms with Crippen LogP contribution in [0, 0.1) is 11.3 Å². The Kier molecular flexibility index (Phi) is 5.49. The average molecular weight is 381 g/mol. The molecule has 148 valence electrons. The highest BCUT2D eigenvalue weighted by molar-refractivity contribution is 5.92. The van der Waals surface area contributed by atoms with Gasteiger partial charge in [0.05, 0.1) is 31.5 Å². The van der Waals surface area contributed by atoms with E-state index in [0.717, 1.165) is 68.5 Å². The summed E-state index contributed by atoms with van der Waals surface area (Å²) in [6.45, 7) is 2.92. The maximum absolute atomic E-state index is 8.79. The zero-order valence-electron chi connectivity index (χ0n) is 16.6. The predicted molar refractivity (Wildman–Crippen MR) is 108 cm³/mol. The minimum absolute atomic E-state index is 0.406. The third kappa shape index (κ3) is 3.57. The van der Waals surface area contributed by atoms with Crippen molar-refractivity contribution in [3.8, 4) is 17.7 Å². The maximum atomic E-state index is 8.79. The fourth-order valence-corrected chi connectivity index (χ4v) is 4.31. The van der Waals surface area contributed by atoms with Crippen molar-refractivity contribution in [3.63, 3.8) is 0 Å². The number of nitrogens with one attached hydrogen (secondary N) is 1. The molecular formula is C21H27N5O2. The smallest absolute Gasteiger partial charge is 0.257 e. The first-order chi connectivity index (χ1) is 13.7. The average Bonchev–Trinajstić information content (AvgIpc) is 3.20. The second-order valence-corrected chi connectivity index (χ2v) is 7.50. The van der Waals surface area contributed by atoms with Gasteiger partial charge in [0.25, 0.3) is 5.88 Å². The number of fused-ring (bicyclic) bond motifs is 2. The molecule has 1 N–H and O–H groups in total. The number of nitrogens with zero attached hydrogens (tertiary/aromatic N) is 4. The van der Waals surface area contributed by atoms with Gasteiger partial charge >= 0.3 is 0 Å². The number of hydrogen-bond donors (Lipinski definition) is 1. The van der Waals surface area contributed by atoms with Crippen LogP contribution in [0.3, 0.4) is 0 Å². The Bertz CT molecular complexity index is 900. The molecule has 0 amide bonds. The van der Waals surface area contributed by atoms with Gasteiger partial charge in [-0.1, -0.05) is 0 Å². The van der Waals surface area contributed by atoms with Crippen molar-refractivity contribution in [2.45, 2.75) is 44.6 Å². The van der Waals surface area contributed by atoms with Crippen LogP contribution in [0.4, 0.5) is 5.69 Å². The molecule has 3 heterocycles. The number of aromatic nitrogens is 2. The number of likely N-dealkylation sites (tertiary alicyclic amines) is 1. The molecule has 1 aliphatic heterocycles. The Morgan fingerprint density at radius 1 is 1.21 bits per heavy atom. The lowest BCUT2D eigenvalue weighted by atomic mass is 10.0. The Labute approximate surface area is 165 Å². The van der Waals surface area contributed by atoms with Crippen molar-refractivity contribution in [1.29, 1.82) is 5.26 Å². The highest BCUT2D eigenvalue weighted by atomic mass is 16.5. The zero-order valence-corrected chi connectivity index (χ0v) is 16.6. The van der Waals surface area contributed by atoms with Crippen LogP contribution in [0.1, 0.15) is 36.9 Å². The quantitative estimate of drug-likeness (QED) is 0.823. The van der Waals surface area contributed by atoms with Crippen LogP contribution in [0.2, 0.25) is 0 Å². The van der Waals surface area contributed by atoms with Gasteiger partial charge < -0.3 is 19.7 Å². The van der Waals surface area contributed by atoms with Crippen molar-refractivity contribution in [3.05, 3.63) is 17.3 Å². The zero-order chi connectivity index (χ0) is 19.5. The summed E-state index contributed by atoms with van der Waals surface area (Å²) >= 11 is 0. The minimum atomic E-state index is 0.406. The summed E-state index contributed by atoms with van der Waals surface area (Å²) in [4.78, 5) is 12.0. The van der Waals surface area contributed by atoms with Crippen LogP contribution in [-0.4, -0.2) is 54.8 Å². The number of nitriles is 1. The third-order valence-corrected chi connectivity index (χ3v) is 5.81. The summed E-state index contributed by atoms with van der Waals surface area (Å²) in [5, 5.41) is 12.6. The normalized spacial score (nSPS) is 17.3. The second-order valence-electron chi connectivity index (χ2n) is 7.50. The Hall–Kier alpha value is -2.59. The first kappa shape index (κ1) is 18.8. The van der Waals surface area contributed by atoms with Gasteiger partial charge in [-0.05, 0) is 37.7 Å². The van der Waals surface area contributed by atoms with Gasteiger partial charge in [0.15, 0.2) is 5.75 Å². The first-order valence-electron chi connectivity index (χ1n) is 10.0. The van der Waals surface area contributed by atoms with Gasteiger partial charge in [0, 0.05) is 43.9 Å². The largest absolute Gasteiger partial charge is 0.491 e. The fraction of sp³-hybridized carbons (Fsp3) is 0.571. The molecule has 28 heavy (non-hydrogen) atoms. The van der Waals surface area contributed by atoms with Crippen molar-refractivity contribution in [2.24, 2.45) is 0 Å². The lowest BCUT2D eigenvalue weighted by molar-refractivity contribution is 0.223. The lowest BCUT2D eigenvalue weighted by Crippen LogP contribution is -2.39. The molecule has 1 saturated heterocycles. The van der Waals surface area contributed by atoms with E-state index in [1.54, 1.807) is 14.2 Å². The molecule has 1 aliphatic carbocycles. The van der Waals surface area contributed by atoms with E-state index in [4.69, 9.17) is 24.7 Å². The van der Waals surface area contributed by atoms with E-state index in [0.29, 0.717) is 24.1 Å². The number of hydrogen-bond acceptors (Lipinski definition) is 7. The van der Waals surface area contributed by atoms with Gasteiger partial charge in [-0.25, -0.2) is 4.98 Å². The Morgan fingerprint density at radius 3 is 2.75 bits per heavy atom. The molecule has 0 unspecified atom stereocenters. The molecule has 7 nitrogen and oxygen atoms in total. The summed E-state index contributed by atoms with van der Waals surface area (Å²) in [7, 11) is 3.24. The van der Waals surface area contributed by atoms with Crippen LogP contribution < -0.4 is 14.8 Å². The van der Waals surface area contributed by atoms with Crippen LogP contribution in [0.5, 0.6) is 11.6 Å².